The Morgan fingerprint density at radius 1 is 1.00 bits per heavy atom. The average Bonchev–Trinajstić information content (AvgIpc) is 3.05. The molecule has 1 N–H and O–H groups in total. The molecule has 1 unspecified atom stereocenters. The Balaban J connectivity index is 1.72. The zero-order chi connectivity index (χ0) is 22.4. The summed E-state index contributed by atoms with van der Waals surface area (Å²) >= 11 is 0. The van der Waals surface area contributed by atoms with E-state index in [-0.39, 0.29) is 10.8 Å². The van der Waals surface area contributed by atoms with Crippen LogP contribution >= 0.6 is 0 Å². The Morgan fingerprint density at radius 2 is 1.61 bits per heavy atom. The Hall–Kier alpha value is -2.58. The lowest BCUT2D eigenvalue weighted by molar-refractivity contribution is -0.122. The van der Waals surface area contributed by atoms with Crippen LogP contribution in [0.5, 0.6) is 11.5 Å². The maximum Gasteiger partial charge on any atom is 0.265 e. The van der Waals surface area contributed by atoms with Crippen LogP contribution in [0, 0.1) is 6.92 Å². The summed E-state index contributed by atoms with van der Waals surface area (Å²) in [6.07, 6.45) is 3.07. The van der Waals surface area contributed by atoms with Crippen molar-refractivity contribution in [3.05, 3.63) is 48.0 Å². The van der Waals surface area contributed by atoms with E-state index < -0.39 is 16.1 Å². The molecule has 1 fully saturated rings. The first-order chi connectivity index (χ1) is 14.8. The monoisotopic (exact) mass is 446 g/mol. The van der Waals surface area contributed by atoms with E-state index in [1.807, 2.05) is 0 Å². The first-order valence-corrected chi connectivity index (χ1v) is 12.0. The molecule has 31 heavy (non-hydrogen) atoms. The fourth-order valence-electron chi connectivity index (χ4n) is 3.53. The molecule has 1 saturated heterocycles. The summed E-state index contributed by atoms with van der Waals surface area (Å²) in [5.41, 5.74) is 1.08. The van der Waals surface area contributed by atoms with Crippen LogP contribution in [-0.4, -0.2) is 44.9 Å². The lowest BCUT2D eigenvalue weighted by atomic mass is 10.2. The highest BCUT2D eigenvalue weighted by atomic mass is 32.2. The van der Waals surface area contributed by atoms with Gasteiger partial charge in [0.15, 0.2) is 6.10 Å². The number of methoxy groups -OCH3 is 1. The van der Waals surface area contributed by atoms with E-state index in [4.69, 9.17) is 9.47 Å². The topological polar surface area (TPSA) is 84.9 Å². The first kappa shape index (κ1) is 23.1. The summed E-state index contributed by atoms with van der Waals surface area (Å²) < 4.78 is 38.8. The van der Waals surface area contributed by atoms with E-state index in [0.717, 1.165) is 25.7 Å². The molecule has 0 spiro atoms. The molecule has 1 atom stereocenters. The highest BCUT2D eigenvalue weighted by Gasteiger charge is 2.27. The van der Waals surface area contributed by atoms with Crippen molar-refractivity contribution in [2.75, 3.05) is 25.5 Å². The Kier molecular flexibility index (Phi) is 7.56. The minimum Gasteiger partial charge on any atom is -0.497 e. The molecule has 2 aromatic carbocycles. The van der Waals surface area contributed by atoms with Crippen LogP contribution in [0.2, 0.25) is 0 Å². The number of carbonyl (C=O) groups excluding carboxylic acids is 1. The van der Waals surface area contributed by atoms with E-state index in [9.17, 15) is 13.2 Å². The number of anilines is 1. The second-order valence-corrected chi connectivity index (χ2v) is 9.63. The van der Waals surface area contributed by atoms with Crippen LogP contribution in [0.1, 0.15) is 38.2 Å². The number of ether oxygens (including phenoxy) is 2. The second kappa shape index (κ2) is 10.2. The molecule has 0 aliphatic carbocycles. The van der Waals surface area contributed by atoms with Gasteiger partial charge in [-0.05, 0) is 68.7 Å². The summed E-state index contributed by atoms with van der Waals surface area (Å²) in [7, 11) is -2.03. The number of nitrogens with one attached hydrogen (secondary N) is 1. The maximum atomic E-state index is 13.2. The minimum atomic E-state index is -3.61. The molecule has 1 amide bonds. The highest BCUT2D eigenvalue weighted by molar-refractivity contribution is 7.89. The fourth-order valence-corrected chi connectivity index (χ4v) is 5.30. The number of amides is 1. The SMILES string of the molecule is COc1ccc(OC(C)C(=O)Nc2ccc(C)c(S(=O)(=O)N3CCCCCC3)c2)cc1. The number of nitrogens with zero attached hydrogens (tertiary/aromatic N) is 1. The van der Waals surface area contributed by atoms with Gasteiger partial charge in [-0.15, -0.1) is 0 Å². The quantitative estimate of drug-likeness (QED) is 0.696. The van der Waals surface area contributed by atoms with Crippen molar-refractivity contribution in [1.82, 2.24) is 4.31 Å². The van der Waals surface area contributed by atoms with Gasteiger partial charge in [0.1, 0.15) is 11.5 Å². The standard InChI is InChI=1S/C23H30N2O5S/c1-17-8-9-19(16-22(17)31(27,28)25-14-6-4-5-7-15-25)24-23(26)18(2)30-21-12-10-20(29-3)11-13-21/h8-13,16,18H,4-7,14-15H2,1-3H3,(H,24,26). The lowest BCUT2D eigenvalue weighted by Gasteiger charge is -2.22. The molecule has 168 valence electrons. The predicted octanol–water partition coefficient (Wildman–Crippen LogP) is 3.97. The van der Waals surface area contributed by atoms with Crippen LogP contribution in [0.4, 0.5) is 5.69 Å². The third-order valence-electron chi connectivity index (χ3n) is 5.38. The van der Waals surface area contributed by atoms with Gasteiger partial charge in [0.05, 0.1) is 12.0 Å². The summed E-state index contributed by atoms with van der Waals surface area (Å²) in [6, 6.07) is 11.9. The van der Waals surface area contributed by atoms with Gasteiger partial charge in [-0.3, -0.25) is 4.79 Å². The number of aryl methyl sites for hydroxylation is 1. The number of benzene rings is 2. The molecular formula is C23H30N2O5S. The van der Waals surface area contributed by atoms with Crippen LogP contribution in [0.25, 0.3) is 0 Å². The van der Waals surface area contributed by atoms with Crippen molar-refractivity contribution in [3.63, 3.8) is 0 Å². The van der Waals surface area contributed by atoms with Crippen molar-refractivity contribution >= 4 is 21.6 Å². The normalized spacial score (nSPS) is 16.2. The van der Waals surface area contributed by atoms with Gasteiger partial charge >= 0.3 is 0 Å². The number of sulfonamides is 1. The van der Waals surface area contributed by atoms with Gasteiger partial charge in [0, 0.05) is 18.8 Å². The van der Waals surface area contributed by atoms with Gasteiger partial charge < -0.3 is 14.8 Å². The summed E-state index contributed by atoms with van der Waals surface area (Å²) in [6.45, 7) is 4.48. The third-order valence-corrected chi connectivity index (χ3v) is 7.42. The molecular weight excluding hydrogens is 416 g/mol. The first-order valence-electron chi connectivity index (χ1n) is 10.5. The van der Waals surface area contributed by atoms with Crippen LogP contribution in [0.3, 0.4) is 0 Å². The maximum absolute atomic E-state index is 13.2. The predicted molar refractivity (Wildman–Crippen MR) is 120 cm³/mol. The number of hydrogen-bond acceptors (Lipinski definition) is 5. The van der Waals surface area contributed by atoms with Crippen molar-refractivity contribution in [1.29, 1.82) is 0 Å². The molecule has 0 aromatic heterocycles. The van der Waals surface area contributed by atoms with E-state index in [1.54, 1.807) is 61.7 Å². The summed E-state index contributed by atoms with van der Waals surface area (Å²) in [5, 5.41) is 2.77. The molecule has 1 heterocycles. The van der Waals surface area contributed by atoms with Gasteiger partial charge in [0.25, 0.3) is 5.91 Å². The van der Waals surface area contributed by atoms with Crippen molar-refractivity contribution in [2.24, 2.45) is 0 Å². The molecule has 1 aliphatic rings. The molecule has 0 radical (unpaired) electrons. The van der Waals surface area contributed by atoms with E-state index in [0.29, 0.717) is 35.8 Å². The van der Waals surface area contributed by atoms with Gasteiger partial charge in [-0.2, -0.15) is 4.31 Å². The van der Waals surface area contributed by atoms with E-state index in [1.165, 1.54) is 6.07 Å². The zero-order valence-corrected chi connectivity index (χ0v) is 19.1. The van der Waals surface area contributed by atoms with Crippen molar-refractivity contribution in [2.45, 2.75) is 50.5 Å². The third kappa shape index (κ3) is 5.77. The molecule has 7 nitrogen and oxygen atoms in total. The molecule has 0 saturated carbocycles. The highest BCUT2D eigenvalue weighted by Crippen LogP contribution is 2.26. The number of rotatable bonds is 7. The Bertz CT molecular complexity index is 997. The molecule has 2 aromatic rings. The summed E-state index contributed by atoms with van der Waals surface area (Å²) in [5.74, 6) is 0.872. The van der Waals surface area contributed by atoms with Crippen LogP contribution in [-0.2, 0) is 14.8 Å². The van der Waals surface area contributed by atoms with Gasteiger partial charge in [-0.25, -0.2) is 8.42 Å². The van der Waals surface area contributed by atoms with Gasteiger partial charge in [-0.1, -0.05) is 18.9 Å². The average molecular weight is 447 g/mol. The van der Waals surface area contributed by atoms with Gasteiger partial charge in [0.2, 0.25) is 10.0 Å². The fraction of sp³-hybridized carbons (Fsp3) is 0.435. The zero-order valence-electron chi connectivity index (χ0n) is 18.3. The molecule has 3 rings (SSSR count). The van der Waals surface area contributed by atoms with Crippen molar-refractivity contribution < 1.29 is 22.7 Å². The molecule has 0 bridgehead atoms. The second-order valence-electron chi connectivity index (χ2n) is 7.72. The summed E-state index contributed by atoms with van der Waals surface area (Å²) in [4.78, 5) is 12.8. The van der Waals surface area contributed by atoms with Crippen LogP contribution in [0.15, 0.2) is 47.4 Å². The minimum absolute atomic E-state index is 0.232. The lowest BCUT2D eigenvalue weighted by Crippen LogP contribution is -2.33. The molecule has 1 aliphatic heterocycles. The Labute approximate surface area is 184 Å². The van der Waals surface area contributed by atoms with Crippen LogP contribution < -0.4 is 14.8 Å². The Morgan fingerprint density at radius 3 is 2.23 bits per heavy atom. The van der Waals surface area contributed by atoms with Crippen molar-refractivity contribution in [3.8, 4) is 11.5 Å². The number of carbonyl (C=O) groups is 1. The molecule has 8 heteroatoms. The largest absolute Gasteiger partial charge is 0.497 e. The van der Waals surface area contributed by atoms with E-state index in [2.05, 4.69) is 5.32 Å². The smallest absolute Gasteiger partial charge is 0.265 e. The number of hydrogen-bond donors (Lipinski definition) is 1. The van der Waals surface area contributed by atoms with E-state index >= 15 is 0 Å².